The molecule has 0 saturated heterocycles. The summed E-state index contributed by atoms with van der Waals surface area (Å²) in [6.07, 6.45) is 2.94. The zero-order chi connectivity index (χ0) is 16.5. The van der Waals surface area contributed by atoms with Crippen LogP contribution < -0.4 is 9.86 Å². The summed E-state index contributed by atoms with van der Waals surface area (Å²) in [6, 6.07) is 4.85. The van der Waals surface area contributed by atoms with Gasteiger partial charge in [0.15, 0.2) is 0 Å². The molecule has 22 heavy (non-hydrogen) atoms. The first-order valence-corrected chi connectivity index (χ1v) is 10.3. The fourth-order valence-electron chi connectivity index (χ4n) is 2.82. The molecule has 1 saturated carbocycles. The van der Waals surface area contributed by atoms with Crippen molar-refractivity contribution < 1.29 is 16.8 Å². The minimum atomic E-state index is -3.82. The van der Waals surface area contributed by atoms with Gasteiger partial charge in [-0.15, -0.1) is 0 Å². The van der Waals surface area contributed by atoms with Gasteiger partial charge < -0.3 is 0 Å². The molecule has 1 aromatic carbocycles. The van der Waals surface area contributed by atoms with Crippen molar-refractivity contribution in [2.75, 3.05) is 0 Å². The minimum Gasteiger partial charge on any atom is -0.225 e. The van der Waals surface area contributed by atoms with E-state index in [2.05, 4.69) is 18.6 Å². The van der Waals surface area contributed by atoms with Gasteiger partial charge in [0.1, 0.15) is 0 Å². The van der Waals surface area contributed by atoms with Gasteiger partial charge in [0.05, 0.1) is 9.79 Å². The van der Waals surface area contributed by atoms with Crippen LogP contribution in [0.25, 0.3) is 0 Å². The van der Waals surface area contributed by atoms with Crippen molar-refractivity contribution in [3.8, 4) is 0 Å². The highest BCUT2D eigenvalue weighted by Crippen LogP contribution is 2.30. The van der Waals surface area contributed by atoms with Crippen LogP contribution in [0.1, 0.15) is 33.1 Å². The molecule has 3 N–H and O–H groups in total. The summed E-state index contributed by atoms with van der Waals surface area (Å²) >= 11 is 0. The van der Waals surface area contributed by atoms with Crippen LogP contribution in [0.3, 0.4) is 0 Å². The van der Waals surface area contributed by atoms with Crippen LogP contribution in [0.15, 0.2) is 34.1 Å². The van der Waals surface area contributed by atoms with Crippen molar-refractivity contribution in [2.45, 2.75) is 48.9 Å². The quantitative estimate of drug-likeness (QED) is 0.860. The Bertz CT molecular complexity index is 727. The van der Waals surface area contributed by atoms with E-state index in [0.717, 1.165) is 19.3 Å². The van der Waals surface area contributed by atoms with Crippen LogP contribution in [-0.4, -0.2) is 22.9 Å². The normalized spacial score (nSPS) is 26.8. The van der Waals surface area contributed by atoms with Crippen molar-refractivity contribution in [1.29, 1.82) is 0 Å². The number of rotatable bonds is 4. The fraction of sp³-hybridized carbons (Fsp3) is 0.571. The van der Waals surface area contributed by atoms with Crippen LogP contribution in [0, 0.1) is 11.8 Å². The topological polar surface area (TPSA) is 106 Å². The van der Waals surface area contributed by atoms with Crippen molar-refractivity contribution in [2.24, 2.45) is 17.0 Å². The van der Waals surface area contributed by atoms with Crippen LogP contribution in [0.5, 0.6) is 0 Å². The number of nitrogens with two attached hydrogens (primary N) is 1. The third kappa shape index (κ3) is 3.87. The molecule has 2 rings (SSSR count). The van der Waals surface area contributed by atoms with E-state index in [1.165, 1.54) is 24.3 Å². The van der Waals surface area contributed by atoms with Gasteiger partial charge in [-0.25, -0.2) is 26.7 Å². The average Bonchev–Trinajstić information content (AvgIpc) is 2.43. The van der Waals surface area contributed by atoms with Crippen LogP contribution in [0.4, 0.5) is 0 Å². The average molecular weight is 346 g/mol. The molecule has 8 heteroatoms. The molecular weight excluding hydrogens is 324 g/mol. The molecule has 1 aromatic rings. The SMILES string of the molecule is CC1CCCC(NS(=O)(=O)c2ccc(S(N)(=O)=O)cc2)C1C. The largest absolute Gasteiger partial charge is 0.240 e. The Morgan fingerprint density at radius 3 is 2.09 bits per heavy atom. The predicted molar refractivity (Wildman–Crippen MR) is 84.1 cm³/mol. The predicted octanol–water partition coefficient (Wildman–Crippen LogP) is 1.44. The lowest BCUT2D eigenvalue weighted by Gasteiger charge is -2.34. The Balaban J connectivity index is 2.20. The lowest BCUT2D eigenvalue weighted by molar-refractivity contribution is 0.227. The minimum absolute atomic E-state index is 0.0466. The molecule has 0 aromatic heterocycles. The summed E-state index contributed by atoms with van der Waals surface area (Å²) in [5.41, 5.74) is 0. The van der Waals surface area contributed by atoms with Gasteiger partial charge >= 0.3 is 0 Å². The Kier molecular flexibility index (Phi) is 4.96. The zero-order valence-electron chi connectivity index (χ0n) is 12.7. The van der Waals surface area contributed by atoms with E-state index in [1.807, 2.05) is 0 Å². The molecule has 124 valence electrons. The van der Waals surface area contributed by atoms with E-state index in [1.54, 1.807) is 0 Å². The van der Waals surface area contributed by atoms with E-state index in [9.17, 15) is 16.8 Å². The van der Waals surface area contributed by atoms with Crippen molar-refractivity contribution in [3.63, 3.8) is 0 Å². The van der Waals surface area contributed by atoms with Crippen LogP contribution >= 0.6 is 0 Å². The first kappa shape index (κ1) is 17.4. The maximum absolute atomic E-state index is 12.4. The number of sulfonamides is 2. The third-order valence-electron chi connectivity index (χ3n) is 4.48. The molecule has 0 heterocycles. The molecule has 0 bridgehead atoms. The zero-order valence-corrected chi connectivity index (χ0v) is 14.3. The highest BCUT2D eigenvalue weighted by molar-refractivity contribution is 7.89. The Morgan fingerprint density at radius 1 is 1.00 bits per heavy atom. The van der Waals surface area contributed by atoms with Crippen molar-refractivity contribution >= 4 is 20.0 Å². The summed E-state index contributed by atoms with van der Waals surface area (Å²) in [5.74, 6) is 0.749. The molecule has 1 aliphatic carbocycles. The van der Waals surface area contributed by atoms with Crippen molar-refractivity contribution in [1.82, 2.24) is 4.72 Å². The fourth-order valence-corrected chi connectivity index (χ4v) is 4.70. The standard InChI is InChI=1S/C14H22N2O4S2/c1-10-4-3-5-14(11(10)2)16-22(19,20)13-8-6-12(7-9-13)21(15,17)18/h6-11,14,16H,3-5H2,1-2H3,(H2,15,17,18). The lowest BCUT2D eigenvalue weighted by Crippen LogP contribution is -2.43. The van der Waals surface area contributed by atoms with E-state index in [4.69, 9.17) is 5.14 Å². The molecule has 1 fully saturated rings. The molecule has 6 nitrogen and oxygen atoms in total. The van der Waals surface area contributed by atoms with Gasteiger partial charge in [0.2, 0.25) is 20.0 Å². The van der Waals surface area contributed by atoms with Gasteiger partial charge in [0.25, 0.3) is 0 Å². The molecule has 0 aliphatic heterocycles. The van der Waals surface area contributed by atoms with Gasteiger partial charge in [-0.1, -0.05) is 26.7 Å². The van der Waals surface area contributed by atoms with Gasteiger partial charge in [-0.2, -0.15) is 0 Å². The molecule has 3 unspecified atom stereocenters. The highest BCUT2D eigenvalue weighted by atomic mass is 32.2. The maximum Gasteiger partial charge on any atom is 0.240 e. The van der Waals surface area contributed by atoms with Gasteiger partial charge in [0, 0.05) is 6.04 Å². The van der Waals surface area contributed by atoms with Gasteiger partial charge in [-0.05, 0) is 42.5 Å². The number of primary sulfonamides is 1. The Hall–Kier alpha value is -0.960. The van der Waals surface area contributed by atoms with Crippen LogP contribution in [-0.2, 0) is 20.0 Å². The highest BCUT2D eigenvalue weighted by Gasteiger charge is 2.30. The third-order valence-corrected chi connectivity index (χ3v) is 6.91. The number of nitrogens with one attached hydrogen (secondary N) is 1. The molecule has 0 spiro atoms. The molecule has 1 aliphatic rings. The van der Waals surface area contributed by atoms with E-state index < -0.39 is 20.0 Å². The number of benzene rings is 1. The van der Waals surface area contributed by atoms with E-state index >= 15 is 0 Å². The number of hydrogen-bond donors (Lipinski definition) is 2. The maximum atomic E-state index is 12.4. The van der Waals surface area contributed by atoms with E-state index in [0.29, 0.717) is 5.92 Å². The summed E-state index contributed by atoms with van der Waals surface area (Å²) in [4.78, 5) is -0.0589. The van der Waals surface area contributed by atoms with Crippen LogP contribution in [0.2, 0.25) is 0 Å². The second-order valence-electron chi connectivity index (χ2n) is 6.01. The second kappa shape index (κ2) is 6.27. The Morgan fingerprint density at radius 2 is 1.55 bits per heavy atom. The molecule has 0 amide bonds. The van der Waals surface area contributed by atoms with E-state index in [-0.39, 0.29) is 21.8 Å². The lowest BCUT2D eigenvalue weighted by atomic mass is 9.78. The Labute approximate surface area is 132 Å². The molecule has 0 radical (unpaired) electrons. The monoisotopic (exact) mass is 346 g/mol. The van der Waals surface area contributed by atoms with Gasteiger partial charge in [-0.3, -0.25) is 0 Å². The summed E-state index contributed by atoms with van der Waals surface area (Å²) in [5, 5.41) is 5.01. The van der Waals surface area contributed by atoms with Crippen molar-refractivity contribution in [3.05, 3.63) is 24.3 Å². The summed E-state index contributed by atoms with van der Waals surface area (Å²) < 4.78 is 50.0. The number of hydrogen-bond acceptors (Lipinski definition) is 4. The summed E-state index contributed by atoms with van der Waals surface area (Å²) in [6.45, 7) is 4.19. The summed E-state index contributed by atoms with van der Waals surface area (Å²) in [7, 11) is -7.49. The first-order valence-electron chi connectivity index (χ1n) is 7.26. The second-order valence-corrected chi connectivity index (χ2v) is 9.29. The smallest absolute Gasteiger partial charge is 0.225 e. The first-order chi connectivity index (χ1) is 10.1. The molecule has 3 atom stereocenters. The molecular formula is C14H22N2O4S2.